The third kappa shape index (κ3) is 2.54. The van der Waals surface area contributed by atoms with Crippen molar-refractivity contribution in [2.24, 2.45) is 13.0 Å². The van der Waals surface area contributed by atoms with Crippen molar-refractivity contribution in [3.8, 4) is 0 Å². The molecule has 1 aliphatic rings. The third-order valence-electron chi connectivity index (χ3n) is 4.53. The Bertz CT molecular complexity index is 638. The highest BCUT2D eigenvalue weighted by molar-refractivity contribution is 9.10. The predicted molar refractivity (Wildman–Crippen MR) is 88.4 cm³/mol. The first-order valence-corrected chi connectivity index (χ1v) is 8.52. The van der Waals surface area contributed by atoms with Crippen LogP contribution < -0.4 is 4.90 Å². The van der Waals surface area contributed by atoms with Gasteiger partial charge in [0.1, 0.15) is 16.7 Å². The van der Waals surface area contributed by atoms with Crippen molar-refractivity contribution in [2.75, 3.05) is 11.4 Å². The number of rotatable bonds is 3. The zero-order valence-electron chi connectivity index (χ0n) is 12.9. The Hall–Kier alpha value is -1.17. The van der Waals surface area contributed by atoms with E-state index in [0.717, 1.165) is 28.0 Å². The predicted octanol–water partition coefficient (Wildman–Crippen LogP) is 3.53. The van der Waals surface area contributed by atoms with Gasteiger partial charge in [-0.3, -0.25) is 0 Å². The maximum absolute atomic E-state index is 4.60. The van der Waals surface area contributed by atoms with E-state index in [2.05, 4.69) is 49.7 Å². The Balaban J connectivity index is 2.09. The zero-order chi connectivity index (χ0) is 15.0. The first-order valence-electron chi connectivity index (χ1n) is 7.73. The highest BCUT2D eigenvalue weighted by Gasteiger charge is 2.30. The number of aryl methyl sites for hydroxylation is 1. The smallest absolute Gasteiger partial charge is 0.164 e. The molecule has 5 nitrogen and oxygen atoms in total. The van der Waals surface area contributed by atoms with Crippen LogP contribution in [0.2, 0.25) is 0 Å². The molecule has 3 rings (SSSR count). The fourth-order valence-corrected chi connectivity index (χ4v) is 4.08. The number of fused-ring (bicyclic) bond motifs is 1. The van der Waals surface area contributed by atoms with Crippen LogP contribution in [0, 0.1) is 5.92 Å². The molecule has 0 aromatic carbocycles. The Labute approximate surface area is 133 Å². The van der Waals surface area contributed by atoms with Crippen LogP contribution in [0.5, 0.6) is 0 Å². The van der Waals surface area contributed by atoms with Crippen LogP contribution in [0.1, 0.15) is 39.5 Å². The van der Waals surface area contributed by atoms with Gasteiger partial charge in [-0.05, 0) is 41.1 Å². The SMILES string of the molecule is CCC[C@@H]1[C@@H](C)CCCN1c1ncnc2c1c(Br)nn2C. The van der Waals surface area contributed by atoms with Crippen molar-refractivity contribution in [1.82, 2.24) is 19.7 Å². The minimum Gasteiger partial charge on any atom is -0.353 e. The molecule has 0 unspecified atom stereocenters. The summed E-state index contributed by atoms with van der Waals surface area (Å²) in [6, 6.07) is 0.564. The van der Waals surface area contributed by atoms with E-state index in [0.29, 0.717) is 12.0 Å². The van der Waals surface area contributed by atoms with Gasteiger partial charge in [-0.1, -0.05) is 20.3 Å². The van der Waals surface area contributed by atoms with Crippen LogP contribution >= 0.6 is 15.9 Å². The molecule has 114 valence electrons. The molecule has 1 aliphatic heterocycles. The third-order valence-corrected chi connectivity index (χ3v) is 5.09. The van der Waals surface area contributed by atoms with E-state index in [1.54, 1.807) is 6.33 Å². The lowest BCUT2D eigenvalue weighted by molar-refractivity contribution is 0.326. The summed E-state index contributed by atoms with van der Waals surface area (Å²) in [6.07, 6.45) is 6.61. The first kappa shape index (κ1) is 14.8. The molecular weight excluding hydrogens is 330 g/mol. The van der Waals surface area contributed by atoms with E-state index in [1.165, 1.54) is 25.7 Å². The van der Waals surface area contributed by atoms with Crippen LogP contribution in [0.25, 0.3) is 11.0 Å². The van der Waals surface area contributed by atoms with Crippen LogP contribution in [-0.4, -0.2) is 32.3 Å². The van der Waals surface area contributed by atoms with Gasteiger partial charge in [0.2, 0.25) is 0 Å². The average Bonchev–Trinajstić information content (AvgIpc) is 2.77. The molecule has 0 radical (unpaired) electrons. The van der Waals surface area contributed by atoms with E-state index in [4.69, 9.17) is 0 Å². The van der Waals surface area contributed by atoms with Crippen molar-refractivity contribution >= 4 is 32.8 Å². The largest absolute Gasteiger partial charge is 0.353 e. The molecule has 2 aromatic rings. The number of nitrogens with zero attached hydrogens (tertiary/aromatic N) is 5. The molecule has 1 fully saturated rings. The summed E-state index contributed by atoms with van der Waals surface area (Å²) in [5, 5.41) is 5.48. The van der Waals surface area contributed by atoms with Crippen LogP contribution in [-0.2, 0) is 7.05 Å². The summed E-state index contributed by atoms with van der Waals surface area (Å²) >= 11 is 3.57. The normalized spacial score (nSPS) is 23.0. The maximum Gasteiger partial charge on any atom is 0.164 e. The zero-order valence-corrected chi connectivity index (χ0v) is 14.5. The maximum atomic E-state index is 4.60. The van der Waals surface area contributed by atoms with E-state index < -0.39 is 0 Å². The number of aromatic nitrogens is 4. The molecule has 2 atom stereocenters. The van der Waals surface area contributed by atoms with E-state index >= 15 is 0 Å². The molecule has 0 spiro atoms. The van der Waals surface area contributed by atoms with Gasteiger partial charge in [0, 0.05) is 19.6 Å². The summed E-state index contributed by atoms with van der Waals surface area (Å²) in [5.74, 6) is 1.74. The molecule has 0 bridgehead atoms. The number of hydrogen-bond donors (Lipinski definition) is 0. The number of halogens is 1. The topological polar surface area (TPSA) is 46.8 Å². The highest BCUT2D eigenvalue weighted by atomic mass is 79.9. The van der Waals surface area contributed by atoms with Gasteiger partial charge < -0.3 is 4.90 Å². The molecule has 0 saturated carbocycles. The molecule has 3 heterocycles. The Morgan fingerprint density at radius 2 is 2.19 bits per heavy atom. The summed E-state index contributed by atoms with van der Waals surface area (Å²) < 4.78 is 2.65. The molecule has 6 heteroatoms. The molecule has 0 aliphatic carbocycles. The summed E-state index contributed by atoms with van der Waals surface area (Å²) in [6.45, 7) is 5.70. The molecule has 21 heavy (non-hydrogen) atoms. The molecule has 2 aromatic heterocycles. The van der Waals surface area contributed by atoms with Crippen molar-refractivity contribution in [3.63, 3.8) is 0 Å². The quantitative estimate of drug-likeness (QED) is 0.848. The first-order chi connectivity index (χ1) is 10.1. The van der Waals surface area contributed by atoms with E-state index in [9.17, 15) is 0 Å². The minimum atomic E-state index is 0.564. The van der Waals surface area contributed by atoms with Crippen molar-refractivity contribution in [1.29, 1.82) is 0 Å². The standard InChI is InChI=1S/C15H22BrN5/c1-4-6-11-10(2)7-5-8-21(11)15-12-13(16)19-20(3)14(12)17-9-18-15/h9-11H,4-8H2,1-3H3/t10-,11+/m0/s1. The van der Waals surface area contributed by atoms with Gasteiger partial charge in [0.15, 0.2) is 5.65 Å². The lowest BCUT2D eigenvalue weighted by atomic mass is 9.88. The van der Waals surface area contributed by atoms with Gasteiger partial charge >= 0.3 is 0 Å². The van der Waals surface area contributed by atoms with Crippen LogP contribution in [0.4, 0.5) is 5.82 Å². The van der Waals surface area contributed by atoms with Crippen molar-refractivity contribution < 1.29 is 0 Å². The molecule has 1 saturated heterocycles. The minimum absolute atomic E-state index is 0.564. The summed E-state index contributed by atoms with van der Waals surface area (Å²) in [4.78, 5) is 11.5. The second-order valence-corrected chi connectivity index (χ2v) is 6.73. The monoisotopic (exact) mass is 351 g/mol. The van der Waals surface area contributed by atoms with E-state index in [-0.39, 0.29) is 0 Å². The van der Waals surface area contributed by atoms with Gasteiger partial charge in [0.05, 0.1) is 5.39 Å². The van der Waals surface area contributed by atoms with Crippen molar-refractivity contribution in [3.05, 3.63) is 10.9 Å². The van der Waals surface area contributed by atoms with Gasteiger partial charge in [-0.15, -0.1) is 0 Å². The molecule has 0 amide bonds. The van der Waals surface area contributed by atoms with Gasteiger partial charge in [0.25, 0.3) is 0 Å². The Kier molecular flexibility index (Phi) is 4.15. The Morgan fingerprint density at radius 3 is 2.95 bits per heavy atom. The number of hydrogen-bond acceptors (Lipinski definition) is 4. The van der Waals surface area contributed by atoms with Gasteiger partial charge in [-0.25, -0.2) is 14.6 Å². The van der Waals surface area contributed by atoms with Crippen LogP contribution in [0.15, 0.2) is 10.9 Å². The lowest BCUT2D eigenvalue weighted by Gasteiger charge is -2.41. The van der Waals surface area contributed by atoms with Gasteiger partial charge in [-0.2, -0.15) is 5.10 Å². The second-order valence-electron chi connectivity index (χ2n) is 5.98. The van der Waals surface area contributed by atoms with E-state index in [1.807, 2.05) is 11.7 Å². The number of anilines is 1. The Morgan fingerprint density at radius 1 is 1.38 bits per heavy atom. The fraction of sp³-hybridized carbons (Fsp3) is 0.667. The molecule has 0 N–H and O–H groups in total. The average molecular weight is 352 g/mol. The second kappa shape index (κ2) is 5.91. The lowest BCUT2D eigenvalue weighted by Crippen LogP contribution is -2.45. The van der Waals surface area contributed by atoms with Crippen LogP contribution in [0.3, 0.4) is 0 Å². The number of piperidine rings is 1. The summed E-state index contributed by atoms with van der Waals surface area (Å²) in [5.41, 5.74) is 0.889. The summed E-state index contributed by atoms with van der Waals surface area (Å²) in [7, 11) is 1.92. The van der Waals surface area contributed by atoms with Crippen molar-refractivity contribution in [2.45, 2.75) is 45.6 Å². The highest BCUT2D eigenvalue weighted by Crippen LogP contribution is 2.35. The fourth-order valence-electron chi connectivity index (χ4n) is 3.49. The molecular formula is C15H22BrN5.